The summed E-state index contributed by atoms with van der Waals surface area (Å²) in [6.07, 6.45) is 1.96. The maximum atomic E-state index is 11.8. The number of carbonyl (C=O) groups excluding carboxylic acids is 1. The quantitative estimate of drug-likeness (QED) is 0.526. The summed E-state index contributed by atoms with van der Waals surface area (Å²) >= 11 is 9.36. The Labute approximate surface area is 166 Å². The average Bonchev–Trinajstić information content (AvgIpc) is 2.59. The summed E-state index contributed by atoms with van der Waals surface area (Å²) in [6.45, 7) is 0. The first kappa shape index (κ1) is 19.1. The third-order valence-corrected chi connectivity index (χ3v) is 6.04. The molecule has 0 bridgehead atoms. The molecule has 0 aromatic heterocycles. The number of hydrogen-bond acceptors (Lipinski definition) is 5. The number of benzene rings is 2. The summed E-state index contributed by atoms with van der Waals surface area (Å²) in [6, 6.07) is 15.3. The molecule has 0 saturated carbocycles. The second-order valence-electron chi connectivity index (χ2n) is 5.76. The van der Waals surface area contributed by atoms with Crippen molar-refractivity contribution in [3.05, 3.63) is 64.7 Å². The van der Waals surface area contributed by atoms with Gasteiger partial charge in [0.15, 0.2) is 0 Å². The highest BCUT2D eigenvalue weighted by Crippen LogP contribution is 2.23. The Bertz CT molecular complexity index is 764. The first-order chi connectivity index (χ1) is 12.7. The number of halogens is 1. The molecule has 7 heteroatoms. The zero-order valence-electron chi connectivity index (χ0n) is 14.1. The maximum absolute atomic E-state index is 11.8. The number of carbonyl (C=O) groups is 1. The zero-order chi connectivity index (χ0) is 18.2. The fraction of sp³-hybridized carbons (Fsp3) is 0.263. The minimum absolute atomic E-state index is 0.129. The molecular weight excluding hydrogens is 388 g/mol. The van der Waals surface area contributed by atoms with E-state index in [0.717, 1.165) is 34.1 Å². The van der Waals surface area contributed by atoms with Crippen LogP contribution in [0, 0.1) is 0 Å². The van der Waals surface area contributed by atoms with Crippen molar-refractivity contribution in [1.29, 1.82) is 0 Å². The molecule has 0 spiro atoms. The second-order valence-corrected chi connectivity index (χ2v) is 8.26. The van der Waals surface area contributed by atoms with Crippen molar-refractivity contribution in [2.75, 3.05) is 17.3 Å². The lowest BCUT2D eigenvalue weighted by molar-refractivity contribution is -0.118. The van der Waals surface area contributed by atoms with Gasteiger partial charge in [-0.1, -0.05) is 23.7 Å². The molecule has 4 nitrogen and oxygen atoms in total. The Hall–Kier alpha value is -1.63. The van der Waals surface area contributed by atoms with Crippen LogP contribution in [0.1, 0.15) is 11.1 Å². The molecule has 3 rings (SSSR count). The van der Waals surface area contributed by atoms with Crippen LogP contribution in [-0.4, -0.2) is 35.5 Å². The third kappa shape index (κ3) is 6.27. The maximum Gasteiger partial charge on any atom is 0.250 e. The highest BCUT2D eigenvalue weighted by atomic mass is 35.5. The van der Waals surface area contributed by atoms with Crippen LogP contribution in [0.4, 0.5) is 0 Å². The van der Waals surface area contributed by atoms with Crippen LogP contribution < -0.4 is 10.2 Å². The Morgan fingerprint density at radius 3 is 2.81 bits per heavy atom. The van der Waals surface area contributed by atoms with Crippen LogP contribution >= 0.6 is 35.1 Å². The molecule has 1 fully saturated rings. The molecule has 2 aromatic carbocycles. The molecule has 1 heterocycles. The Balaban J connectivity index is 1.36. The lowest BCUT2D eigenvalue weighted by atomic mass is 10.2. The van der Waals surface area contributed by atoms with Crippen LogP contribution in [0.15, 0.2) is 53.6 Å². The van der Waals surface area contributed by atoms with E-state index in [0.29, 0.717) is 16.9 Å². The monoisotopic (exact) mass is 406 g/mol. The largest absolute Gasteiger partial charge is 0.489 e. The van der Waals surface area contributed by atoms with Gasteiger partial charge in [0.05, 0.1) is 12.0 Å². The van der Waals surface area contributed by atoms with Gasteiger partial charge >= 0.3 is 0 Å². The van der Waals surface area contributed by atoms with Gasteiger partial charge < -0.3 is 4.74 Å². The first-order valence-electron chi connectivity index (χ1n) is 8.17. The van der Waals surface area contributed by atoms with E-state index in [9.17, 15) is 4.79 Å². The van der Waals surface area contributed by atoms with Gasteiger partial charge in [-0.25, -0.2) is 5.43 Å². The summed E-state index contributed by atoms with van der Waals surface area (Å²) in [5, 5.41) is 4.70. The number of thioether (sulfide) groups is 2. The van der Waals surface area contributed by atoms with Gasteiger partial charge in [0.2, 0.25) is 5.91 Å². The molecule has 2 aromatic rings. The topological polar surface area (TPSA) is 50.7 Å². The molecule has 1 saturated heterocycles. The predicted octanol–water partition coefficient (Wildman–Crippen LogP) is 4.22. The normalized spacial score (nSPS) is 14.2. The Morgan fingerprint density at radius 2 is 2.12 bits per heavy atom. The van der Waals surface area contributed by atoms with E-state index in [2.05, 4.69) is 10.5 Å². The molecule has 1 aliphatic rings. The van der Waals surface area contributed by atoms with Crippen molar-refractivity contribution in [1.82, 2.24) is 5.43 Å². The van der Waals surface area contributed by atoms with Crippen molar-refractivity contribution in [2.24, 2.45) is 5.10 Å². The number of hydrazone groups is 1. The SMILES string of the molecule is O=C(CSCc1cccc(Cl)c1)N/N=C\c1ccc(OC2CSC2)cc1. The van der Waals surface area contributed by atoms with E-state index >= 15 is 0 Å². The molecule has 1 amide bonds. The molecule has 0 atom stereocenters. The van der Waals surface area contributed by atoms with E-state index in [1.807, 2.05) is 60.3 Å². The first-order valence-corrected chi connectivity index (χ1v) is 10.9. The fourth-order valence-corrected chi connectivity index (χ4v) is 3.75. The van der Waals surface area contributed by atoms with E-state index in [4.69, 9.17) is 16.3 Å². The van der Waals surface area contributed by atoms with Gasteiger partial charge in [0.1, 0.15) is 11.9 Å². The van der Waals surface area contributed by atoms with Crippen LogP contribution in [0.3, 0.4) is 0 Å². The fourth-order valence-electron chi connectivity index (χ4n) is 2.21. The molecule has 136 valence electrons. The van der Waals surface area contributed by atoms with Crippen molar-refractivity contribution >= 4 is 47.2 Å². The average molecular weight is 407 g/mol. The summed E-state index contributed by atoms with van der Waals surface area (Å²) in [7, 11) is 0. The summed E-state index contributed by atoms with van der Waals surface area (Å²) < 4.78 is 5.79. The van der Waals surface area contributed by atoms with E-state index in [1.165, 1.54) is 11.8 Å². The van der Waals surface area contributed by atoms with E-state index in [-0.39, 0.29) is 5.91 Å². The van der Waals surface area contributed by atoms with Crippen LogP contribution in [-0.2, 0) is 10.5 Å². The zero-order valence-corrected chi connectivity index (χ0v) is 16.4. The molecule has 0 unspecified atom stereocenters. The predicted molar refractivity (Wildman–Crippen MR) is 112 cm³/mol. The molecule has 0 aliphatic carbocycles. The van der Waals surface area contributed by atoms with E-state index < -0.39 is 0 Å². The minimum atomic E-state index is -0.129. The lowest BCUT2D eigenvalue weighted by Crippen LogP contribution is -2.30. The molecule has 1 N–H and O–H groups in total. The van der Waals surface area contributed by atoms with Crippen LogP contribution in [0.2, 0.25) is 5.02 Å². The van der Waals surface area contributed by atoms with Gasteiger partial charge in [0, 0.05) is 22.3 Å². The van der Waals surface area contributed by atoms with Gasteiger partial charge in [0.25, 0.3) is 0 Å². The van der Waals surface area contributed by atoms with Gasteiger partial charge in [-0.15, -0.1) is 11.8 Å². The van der Waals surface area contributed by atoms with Gasteiger partial charge in [-0.2, -0.15) is 16.9 Å². The number of nitrogens with zero attached hydrogens (tertiary/aromatic N) is 1. The summed E-state index contributed by atoms with van der Waals surface area (Å²) in [5.74, 6) is 3.94. The van der Waals surface area contributed by atoms with Gasteiger partial charge in [-0.3, -0.25) is 4.79 Å². The van der Waals surface area contributed by atoms with Crippen LogP contribution in [0.25, 0.3) is 0 Å². The molecule has 0 radical (unpaired) electrons. The number of ether oxygens (including phenoxy) is 1. The summed E-state index contributed by atoms with van der Waals surface area (Å²) in [5.41, 5.74) is 4.55. The minimum Gasteiger partial charge on any atom is -0.489 e. The second kappa shape index (κ2) is 9.90. The third-order valence-electron chi connectivity index (χ3n) is 3.58. The highest BCUT2D eigenvalue weighted by Gasteiger charge is 2.19. The number of nitrogens with one attached hydrogen (secondary N) is 1. The number of hydrogen-bond donors (Lipinski definition) is 1. The van der Waals surface area contributed by atoms with Crippen molar-refractivity contribution in [2.45, 2.75) is 11.9 Å². The standard InChI is InChI=1S/C19H19ClN2O2S2/c20-16-3-1-2-15(8-16)10-25-13-19(23)22-21-9-14-4-6-17(7-5-14)24-18-11-26-12-18/h1-9,18H,10-13H2,(H,22,23)/b21-9-. The van der Waals surface area contributed by atoms with Crippen LogP contribution in [0.5, 0.6) is 5.75 Å². The van der Waals surface area contributed by atoms with E-state index in [1.54, 1.807) is 6.21 Å². The Morgan fingerprint density at radius 1 is 1.31 bits per heavy atom. The number of rotatable bonds is 8. The highest BCUT2D eigenvalue weighted by molar-refractivity contribution is 8.00. The molecular formula is C19H19ClN2O2S2. The van der Waals surface area contributed by atoms with Crippen molar-refractivity contribution in [3.8, 4) is 5.75 Å². The summed E-state index contributed by atoms with van der Waals surface area (Å²) in [4.78, 5) is 11.8. The molecule has 26 heavy (non-hydrogen) atoms. The van der Waals surface area contributed by atoms with Crippen molar-refractivity contribution < 1.29 is 9.53 Å². The number of amides is 1. The lowest BCUT2D eigenvalue weighted by Gasteiger charge is -2.25. The Kier molecular flexibility index (Phi) is 7.29. The van der Waals surface area contributed by atoms with Gasteiger partial charge in [-0.05, 0) is 47.5 Å². The smallest absolute Gasteiger partial charge is 0.250 e. The van der Waals surface area contributed by atoms with Crippen molar-refractivity contribution in [3.63, 3.8) is 0 Å². The molecule has 1 aliphatic heterocycles.